The molecule has 1 aromatic heterocycles. The van der Waals surface area contributed by atoms with E-state index in [1.165, 1.54) is 22.6 Å². The van der Waals surface area contributed by atoms with Crippen molar-refractivity contribution >= 4 is 17.7 Å². The molecule has 1 N–H and O–H groups in total. The molecule has 1 aromatic carbocycles. The average Bonchev–Trinajstić information content (AvgIpc) is 3.01. The lowest BCUT2D eigenvalue weighted by Crippen LogP contribution is -2.34. The van der Waals surface area contributed by atoms with E-state index >= 15 is 0 Å². The minimum atomic E-state index is 0.192. The van der Waals surface area contributed by atoms with E-state index in [1.807, 2.05) is 0 Å². The van der Waals surface area contributed by atoms with Crippen molar-refractivity contribution in [3.05, 3.63) is 47.3 Å². The number of rotatable bonds is 6. The van der Waals surface area contributed by atoms with Crippen molar-refractivity contribution in [3.8, 4) is 0 Å². The molecule has 0 unspecified atom stereocenters. The molecule has 1 aliphatic carbocycles. The first-order chi connectivity index (χ1) is 12.7. The molecule has 0 radical (unpaired) electrons. The first-order valence-electron chi connectivity index (χ1n) is 9.40. The van der Waals surface area contributed by atoms with Gasteiger partial charge in [-0.3, -0.25) is 14.4 Å². The number of amides is 1. The van der Waals surface area contributed by atoms with E-state index in [1.54, 1.807) is 11.8 Å². The number of hydrogen-bond acceptors (Lipinski definition) is 4. The number of fused-ring (bicyclic) bond motifs is 1. The predicted octanol–water partition coefficient (Wildman–Crippen LogP) is 3.04. The van der Waals surface area contributed by atoms with Crippen molar-refractivity contribution in [1.82, 2.24) is 20.0 Å². The van der Waals surface area contributed by atoms with Gasteiger partial charge in [0.25, 0.3) is 0 Å². The maximum Gasteiger partial charge on any atom is 0.223 e. The van der Waals surface area contributed by atoms with Crippen LogP contribution >= 0.6 is 11.8 Å². The summed E-state index contributed by atoms with van der Waals surface area (Å²) in [5.41, 5.74) is 3.56. The molecule has 1 aliphatic heterocycles. The van der Waals surface area contributed by atoms with Gasteiger partial charge in [0, 0.05) is 30.4 Å². The number of carbonyl (C=O) groups is 1. The van der Waals surface area contributed by atoms with Gasteiger partial charge in [0.05, 0.1) is 24.5 Å². The van der Waals surface area contributed by atoms with Crippen LogP contribution in [0.4, 0.5) is 0 Å². The first-order valence-corrected chi connectivity index (χ1v) is 10.6. The van der Waals surface area contributed by atoms with E-state index < -0.39 is 0 Å². The second kappa shape index (κ2) is 7.84. The van der Waals surface area contributed by atoms with Crippen molar-refractivity contribution in [2.75, 3.05) is 12.8 Å². The zero-order valence-corrected chi connectivity index (χ0v) is 16.1. The lowest BCUT2D eigenvalue weighted by Gasteiger charge is -2.27. The molecular weight excluding hydrogens is 344 g/mol. The third kappa shape index (κ3) is 3.96. The molecule has 4 rings (SSSR count). The van der Waals surface area contributed by atoms with Crippen LogP contribution in [-0.2, 0) is 31.0 Å². The fourth-order valence-corrected chi connectivity index (χ4v) is 3.99. The van der Waals surface area contributed by atoms with Gasteiger partial charge in [0.2, 0.25) is 5.91 Å². The topological polar surface area (TPSA) is 50.2 Å². The van der Waals surface area contributed by atoms with Crippen LogP contribution in [0.5, 0.6) is 0 Å². The summed E-state index contributed by atoms with van der Waals surface area (Å²) in [6.45, 7) is 4.34. The van der Waals surface area contributed by atoms with Crippen molar-refractivity contribution in [2.24, 2.45) is 5.92 Å². The van der Waals surface area contributed by atoms with Crippen LogP contribution in [-0.4, -0.2) is 33.4 Å². The maximum atomic E-state index is 12.0. The van der Waals surface area contributed by atoms with Crippen LogP contribution in [0.15, 0.2) is 35.2 Å². The number of benzene rings is 1. The Morgan fingerprint density at radius 3 is 2.77 bits per heavy atom. The summed E-state index contributed by atoms with van der Waals surface area (Å²) in [6, 6.07) is 11.0. The summed E-state index contributed by atoms with van der Waals surface area (Å²) in [6.07, 6.45) is 5.37. The summed E-state index contributed by atoms with van der Waals surface area (Å²) < 4.78 is 2.10. The number of carbonyl (C=O) groups excluding carboxylic acids is 1. The molecule has 2 aliphatic rings. The van der Waals surface area contributed by atoms with Gasteiger partial charge >= 0.3 is 0 Å². The highest BCUT2D eigenvalue weighted by molar-refractivity contribution is 7.98. The molecule has 1 saturated carbocycles. The van der Waals surface area contributed by atoms with Crippen LogP contribution in [0.2, 0.25) is 0 Å². The molecule has 1 amide bonds. The Labute approximate surface area is 159 Å². The molecule has 2 heterocycles. The van der Waals surface area contributed by atoms with Gasteiger partial charge in [0.15, 0.2) is 0 Å². The quantitative estimate of drug-likeness (QED) is 0.794. The van der Waals surface area contributed by atoms with Gasteiger partial charge in [-0.25, -0.2) is 0 Å². The minimum Gasteiger partial charge on any atom is -0.350 e. The van der Waals surface area contributed by atoms with Crippen molar-refractivity contribution < 1.29 is 4.79 Å². The molecule has 2 aromatic rings. The van der Waals surface area contributed by atoms with E-state index in [2.05, 4.69) is 56.6 Å². The molecule has 138 valence electrons. The highest BCUT2D eigenvalue weighted by Gasteiger charge is 2.25. The van der Waals surface area contributed by atoms with Gasteiger partial charge < -0.3 is 5.32 Å². The molecule has 6 heteroatoms. The minimum absolute atomic E-state index is 0.192. The SMILES string of the molecule is CSc1ccc(CN2CCn3nc(CNC(=O)C4CCC4)cc3C2)cc1. The van der Waals surface area contributed by atoms with Gasteiger partial charge in [-0.2, -0.15) is 5.10 Å². The smallest absolute Gasteiger partial charge is 0.223 e. The number of nitrogens with one attached hydrogen (secondary N) is 1. The lowest BCUT2D eigenvalue weighted by atomic mass is 9.85. The average molecular weight is 371 g/mol. The van der Waals surface area contributed by atoms with Gasteiger partial charge in [0.1, 0.15) is 0 Å². The molecule has 1 fully saturated rings. The molecule has 26 heavy (non-hydrogen) atoms. The fourth-order valence-electron chi connectivity index (χ4n) is 3.58. The third-order valence-electron chi connectivity index (χ3n) is 5.41. The Hall–Kier alpha value is -1.79. The lowest BCUT2D eigenvalue weighted by molar-refractivity contribution is -0.127. The number of hydrogen-bond donors (Lipinski definition) is 1. The standard InChI is InChI=1S/C20H26N4OS/c1-26-19-7-5-15(6-8-19)13-23-9-10-24-18(14-23)11-17(22-24)12-21-20(25)16-3-2-4-16/h5-8,11,16H,2-4,9-10,12-14H2,1H3,(H,21,25). The Morgan fingerprint density at radius 2 is 2.08 bits per heavy atom. The van der Waals surface area contributed by atoms with E-state index in [9.17, 15) is 4.79 Å². The van der Waals surface area contributed by atoms with Crippen LogP contribution < -0.4 is 5.32 Å². The summed E-state index contributed by atoms with van der Waals surface area (Å²) in [5.74, 6) is 0.428. The Kier molecular flexibility index (Phi) is 5.31. The van der Waals surface area contributed by atoms with E-state index in [4.69, 9.17) is 0 Å². The van der Waals surface area contributed by atoms with Gasteiger partial charge in [-0.05, 0) is 42.9 Å². The second-order valence-electron chi connectivity index (χ2n) is 7.25. The molecule has 0 saturated heterocycles. The molecule has 0 spiro atoms. The molecular formula is C20H26N4OS. The molecule has 0 atom stereocenters. The Morgan fingerprint density at radius 1 is 1.27 bits per heavy atom. The van der Waals surface area contributed by atoms with Crippen LogP contribution in [0.3, 0.4) is 0 Å². The van der Waals surface area contributed by atoms with Crippen molar-refractivity contribution in [2.45, 2.75) is 50.3 Å². The number of aromatic nitrogens is 2. The first kappa shape index (κ1) is 17.6. The van der Waals surface area contributed by atoms with E-state index in [0.29, 0.717) is 6.54 Å². The van der Waals surface area contributed by atoms with E-state index in [-0.39, 0.29) is 11.8 Å². The Balaban J connectivity index is 1.33. The van der Waals surface area contributed by atoms with E-state index in [0.717, 1.165) is 44.7 Å². The normalized spacial score (nSPS) is 17.6. The van der Waals surface area contributed by atoms with Crippen molar-refractivity contribution in [1.29, 1.82) is 0 Å². The number of nitrogens with zero attached hydrogens (tertiary/aromatic N) is 3. The van der Waals surface area contributed by atoms with Gasteiger partial charge in [-0.15, -0.1) is 11.8 Å². The largest absolute Gasteiger partial charge is 0.350 e. The zero-order valence-electron chi connectivity index (χ0n) is 15.3. The molecule has 5 nitrogen and oxygen atoms in total. The van der Waals surface area contributed by atoms with Crippen molar-refractivity contribution in [3.63, 3.8) is 0 Å². The highest BCUT2D eigenvalue weighted by atomic mass is 32.2. The van der Waals surface area contributed by atoms with Crippen LogP contribution in [0.1, 0.15) is 36.2 Å². The summed E-state index contributed by atoms with van der Waals surface area (Å²) in [5, 5.41) is 7.70. The Bertz CT molecular complexity index is 767. The summed E-state index contributed by atoms with van der Waals surface area (Å²) in [4.78, 5) is 15.8. The van der Waals surface area contributed by atoms with Crippen LogP contribution in [0.25, 0.3) is 0 Å². The highest BCUT2D eigenvalue weighted by Crippen LogP contribution is 2.26. The van der Waals surface area contributed by atoms with Crippen LogP contribution in [0, 0.1) is 5.92 Å². The third-order valence-corrected chi connectivity index (χ3v) is 6.16. The zero-order chi connectivity index (χ0) is 17.9. The monoisotopic (exact) mass is 370 g/mol. The van der Waals surface area contributed by atoms with Gasteiger partial charge in [-0.1, -0.05) is 18.6 Å². The number of thioether (sulfide) groups is 1. The summed E-state index contributed by atoms with van der Waals surface area (Å²) >= 11 is 1.78. The second-order valence-corrected chi connectivity index (χ2v) is 8.13. The fraction of sp³-hybridized carbons (Fsp3) is 0.500. The maximum absolute atomic E-state index is 12.0. The predicted molar refractivity (Wildman–Crippen MR) is 104 cm³/mol. The summed E-state index contributed by atoms with van der Waals surface area (Å²) in [7, 11) is 0. The molecule has 0 bridgehead atoms.